The number of aliphatic hydroxyl groups excluding tert-OH is 3. The molecule has 0 spiro atoms. The Morgan fingerprint density at radius 1 is 1.12 bits per heavy atom. The highest BCUT2D eigenvalue weighted by molar-refractivity contribution is 7.61. The SMILES string of the molecule is Cc1cn([C@H]2C[C@@H](O)[C@@H](COP(=O)(O)OP(=O)(O)O[C@@H]3OC(C)C[C@H](O)C3O)O2)c(=O)[nH]c1=O. The number of phosphoric ester groups is 2. The van der Waals surface area contributed by atoms with Gasteiger partial charge in [0.15, 0.2) is 6.29 Å². The van der Waals surface area contributed by atoms with E-state index >= 15 is 0 Å². The summed E-state index contributed by atoms with van der Waals surface area (Å²) in [6, 6.07) is 0. The van der Waals surface area contributed by atoms with E-state index < -0.39 is 76.5 Å². The molecule has 3 heterocycles. The van der Waals surface area contributed by atoms with Crippen LogP contribution in [0.4, 0.5) is 0 Å². The number of aliphatic hydroxyl groups is 3. The number of nitrogens with one attached hydrogen (secondary N) is 1. The summed E-state index contributed by atoms with van der Waals surface area (Å²) in [5.74, 6) is 0. The molecule has 2 saturated heterocycles. The summed E-state index contributed by atoms with van der Waals surface area (Å²) in [5, 5.41) is 29.7. The van der Waals surface area contributed by atoms with Gasteiger partial charge in [0, 0.05) is 24.6 Å². The molecular formula is C16H26N2O14P2. The third-order valence-corrected chi connectivity index (χ3v) is 7.72. The predicted molar refractivity (Wildman–Crippen MR) is 109 cm³/mol. The molecule has 0 aromatic carbocycles. The van der Waals surface area contributed by atoms with Crippen molar-refractivity contribution in [2.24, 2.45) is 0 Å². The Labute approximate surface area is 191 Å². The lowest BCUT2D eigenvalue weighted by molar-refractivity contribution is -0.235. The van der Waals surface area contributed by atoms with E-state index in [0.29, 0.717) is 0 Å². The molecule has 34 heavy (non-hydrogen) atoms. The maximum absolute atomic E-state index is 12.1. The van der Waals surface area contributed by atoms with Gasteiger partial charge in [-0.15, -0.1) is 0 Å². The summed E-state index contributed by atoms with van der Waals surface area (Å²) in [4.78, 5) is 45.2. The first-order chi connectivity index (χ1) is 15.7. The third-order valence-electron chi connectivity index (χ3n) is 5.12. The second kappa shape index (κ2) is 10.4. The van der Waals surface area contributed by atoms with Crippen molar-refractivity contribution in [1.82, 2.24) is 9.55 Å². The average molecular weight is 532 g/mol. The zero-order valence-electron chi connectivity index (χ0n) is 18.0. The van der Waals surface area contributed by atoms with Crippen LogP contribution in [0.25, 0.3) is 0 Å². The zero-order valence-corrected chi connectivity index (χ0v) is 19.8. The van der Waals surface area contributed by atoms with Gasteiger partial charge in [0.1, 0.15) is 18.4 Å². The molecule has 0 aliphatic carbocycles. The van der Waals surface area contributed by atoms with Crippen LogP contribution < -0.4 is 11.2 Å². The number of hydrogen-bond donors (Lipinski definition) is 6. The molecule has 2 aliphatic heterocycles. The van der Waals surface area contributed by atoms with Gasteiger partial charge in [-0.05, 0) is 13.8 Å². The molecule has 0 bridgehead atoms. The molecular weight excluding hydrogens is 506 g/mol. The van der Waals surface area contributed by atoms with Crippen LogP contribution in [-0.4, -0.2) is 78.1 Å². The first-order valence-electron chi connectivity index (χ1n) is 10.0. The van der Waals surface area contributed by atoms with Crippen LogP contribution in [0.2, 0.25) is 0 Å². The minimum absolute atomic E-state index is 0.0225. The van der Waals surface area contributed by atoms with Gasteiger partial charge in [0.05, 0.1) is 24.9 Å². The first kappa shape index (κ1) is 27.3. The zero-order chi connectivity index (χ0) is 25.4. The molecule has 194 valence electrons. The van der Waals surface area contributed by atoms with Crippen LogP contribution in [0, 0.1) is 6.92 Å². The van der Waals surface area contributed by atoms with Crippen molar-refractivity contribution in [3.8, 4) is 0 Å². The van der Waals surface area contributed by atoms with E-state index in [1.54, 1.807) is 0 Å². The Hall–Kier alpha value is -1.26. The number of ether oxygens (including phenoxy) is 2. The van der Waals surface area contributed by atoms with Gasteiger partial charge in [0.2, 0.25) is 0 Å². The van der Waals surface area contributed by atoms with Gasteiger partial charge >= 0.3 is 21.3 Å². The molecule has 6 N–H and O–H groups in total. The van der Waals surface area contributed by atoms with Crippen LogP contribution in [-0.2, 0) is 32.0 Å². The van der Waals surface area contributed by atoms with E-state index in [4.69, 9.17) is 9.47 Å². The summed E-state index contributed by atoms with van der Waals surface area (Å²) in [6.45, 7) is 2.16. The molecule has 2 fully saturated rings. The fourth-order valence-electron chi connectivity index (χ4n) is 3.42. The summed E-state index contributed by atoms with van der Waals surface area (Å²) >= 11 is 0. The normalized spacial score (nSPS) is 35.6. The lowest BCUT2D eigenvalue weighted by Gasteiger charge is -2.35. The third kappa shape index (κ3) is 6.69. The van der Waals surface area contributed by atoms with E-state index in [-0.39, 0.29) is 18.4 Å². The Morgan fingerprint density at radius 2 is 1.79 bits per heavy atom. The molecule has 18 heteroatoms. The summed E-state index contributed by atoms with van der Waals surface area (Å²) in [5.41, 5.74) is -1.18. The van der Waals surface area contributed by atoms with Crippen molar-refractivity contribution < 1.29 is 57.1 Å². The topological polar surface area (TPSA) is 236 Å². The van der Waals surface area contributed by atoms with Crippen molar-refractivity contribution in [2.75, 3.05) is 6.61 Å². The molecule has 1 aromatic heterocycles. The number of aromatic nitrogens is 2. The number of rotatable bonds is 8. The minimum Gasteiger partial charge on any atom is -0.390 e. The Bertz CT molecular complexity index is 1090. The Morgan fingerprint density at radius 3 is 2.47 bits per heavy atom. The number of aromatic amines is 1. The van der Waals surface area contributed by atoms with Crippen molar-refractivity contribution >= 4 is 15.6 Å². The van der Waals surface area contributed by atoms with E-state index in [2.05, 4.69) is 18.3 Å². The standard InChI is InChI=1S/C16H26N2O14P2/c1-7-5-18(16(23)17-14(7)22)12-4-9(19)11(30-12)6-28-33(24,25)32-34(26,27)31-15-13(21)10(20)3-8(2)29-15/h5,8-13,15,19-21H,3-4,6H2,1-2H3,(H,24,25)(H,26,27)(H,17,22,23)/t8?,9-,10+,11-,12-,13?,15+/m1/s1. The van der Waals surface area contributed by atoms with E-state index in [9.17, 15) is 43.8 Å². The van der Waals surface area contributed by atoms with Crippen LogP contribution in [0.1, 0.15) is 31.6 Å². The van der Waals surface area contributed by atoms with Gasteiger partial charge in [-0.3, -0.25) is 23.4 Å². The maximum atomic E-state index is 12.1. The van der Waals surface area contributed by atoms with Crippen LogP contribution in [0.5, 0.6) is 0 Å². The fraction of sp³-hybridized carbons (Fsp3) is 0.750. The number of H-pyrrole nitrogens is 1. The molecule has 3 rings (SSSR count). The second-order valence-electron chi connectivity index (χ2n) is 7.94. The molecule has 2 aliphatic rings. The van der Waals surface area contributed by atoms with Gasteiger partial charge in [-0.1, -0.05) is 0 Å². The quantitative estimate of drug-likeness (QED) is 0.211. The maximum Gasteiger partial charge on any atom is 0.483 e. The number of nitrogens with zero attached hydrogens (tertiary/aromatic N) is 1. The lowest BCUT2D eigenvalue weighted by atomic mass is 10.0. The van der Waals surface area contributed by atoms with Crippen molar-refractivity contribution in [1.29, 1.82) is 0 Å². The molecule has 0 saturated carbocycles. The van der Waals surface area contributed by atoms with Crippen LogP contribution >= 0.6 is 15.6 Å². The van der Waals surface area contributed by atoms with Crippen LogP contribution in [0.15, 0.2) is 15.8 Å². The molecule has 16 nitrogen and oxygen atoms in total. The highest BCUT2D eigenvalue weighted by Gasteiger charge is 2.45. The molecule has 4 unspecified atom stereocenters. The summed E-state index contributed by atoms with van der Waals surface area (Å²) in [6.07, 6.45) is -7.97. The first-order valence-corrected chi connectivity index (χ1v) is 13.0. The van der Waals surface area contributed by atoms with Crippen molar-refractivity contribution in [3.05, 3.63) is 32.6 Å². The van der Waals surface area contributed by atoms with Crippen LogP contribution in [0.3, 0.4) is 0 Å². The van der Waals surface area contributed by atoms with E-state index in [1.807, 2.05) is 0 Å². The fourth-order valence-corrected chi connectivity index (χ4v) is 5.58. The average Bonchev–Trinajstić information content (AvgIpc) is 3.06. The second-order valence-corrected chi connectivity index (χ2v) is 10.9. The molecule has 9 atom stereocenters. The molecule has 0 amide bonds. The van der Waals surface area contributed by atoms with Crippen molar-refractivity contribution in [3.63, 3.8) is 0 Å². The minimum atomic E-state index is -5.34. The molecule has 1 aromatic rings. The highest BCUT2D eigenvalue weighted by Crippen LogP contribution is 2.61. The predicted octanol–water partition coefficient (Wildman–Crippen LogP) is -1.40. The Kier molecular flexibility index (Phi) is 8.35. The highest BCUT2D eigenvalue weighted by atomic mass is 31.3. The number of aryl methyl sites for hydroxylation is 1. The number of phosphoric acid groups is 2. The van der Waals surface area contributed by atoms with Gasteiger partial charge in [0.25, 0.3) is 5.56 Å². The lowest BCUT2D eigenvalue weighted by Crippen LogP contribution is -2.48. The van der Waals surface area contributed by atoms with Gasteiger partial charge in [-0.2, -0.15) is 4.31 Å². The summed E-state index contributed by atoms with van der Waals surface area (Å²) in [7, 11) is -10.6. The van der Waals surface area contributed by atoms with E-state index in [1.165, 1.54) is 20.0 Å². The monoisotopic (exact) mass is 532 g/mol. The largest absolute Gasteiger partial charge is 0.483 e. The van der Waals surface area contributed by atoms with Crippen molar-refractivity contribution in [2.45, 2.75) is 69.7 Å². The molecule has 0 radical (unpaired) electrons. The van der Waals surface area contributed by atoms with E-state index in [0.717, 1.165) is 4.57 Å². The Balaban J connectivity index is 1.58. The van der Waals surface area contributed by atoms with Gasteiger partial charge < -0.3 is 34.6 Å². The summed E-state index contributed by atoms with van der Waals surface area (Å²) < 4.78 is 49.2. The number of hydrogen-bond acceptors (Lipinski definition) is 12. The van der Waals surface area contributed by atoms with Gasteiger partial charge in [-0.25, -0.2) is 13.9 Å². The smallest absolute Gasteiger partial charge is 0.390 e.